The third kappa shape index (κ3) is 3.89. The Hall–Kier alpha value is -3.14. The molecule has 2 N–H and O–H groups in total. The molecule has 1 saturated heterocycles. The van der Waals surface area contributed by atoms with E-state index in [9.17, 15) is 18.0 Å². The summed E-state index contributed by atoms with van der Waals surface area (Å²) in [5, 5.41) is 11.4. The fraction of sp³-hybridized carbons (Fsp3) is 0.458. The molecule has 6 rings (SSSR count). The van der Waals surface area contributed by atoms with Crippen LogP contribution in [0.3, 0.4) is 0 Å². The van der Waals surface area contributed by atoms with Crippen molar-refractivity contribution in [2.24, 2.45) is 11.8 Å². The maximum atomic E-state index is 13.1. The summed E-state index contributed by atoms with van der Waals surface area (Å²) in [7, 11) is 0. The molecule has 1 saturated carbocycles. The van der Waals surface area contributed by atoms with Gasteiger partial charge in [-0.15, -0.1) is 0 Å². The lowest BCUT2D eigenvalue weighted by molar-refractivity contribution is -0.144. The Morgan fingerprint density at radius 3 is 2.74 bits per heavy atom. The normalized spacial score (nSPS) is 23.4. The molecule has 10 heteroatoms. The Morgan fingerprint density at radius 2 is 2.00 bits per heavy atom. The van der Waals surface area contributed by atoms with Gasteiger partial charge in [0.05, 0.1) is 18.1 Å². The number of aromatic amines is 1. The lowest BCUT2D eigenvalue weighted by Crippen LogP contribution is -2.49. The molecule has 34 heavy (non-hydrogen) atoms. The fourth-order valence-electron chi connectivity index (χ4n) is 5.57. The fourth-order valence-corrected chi connectivity index (χ4v) is 5.57. The van der Waals surface area contributed by atoms with Crippen molar-refractivity contribution in [3.8, 4) is 11.3 Å². The standard InChI is InChI=1S/C24H25F3N6O/c1-13-6-15(4-5-28-13)22-17-7-16-9-33(23(34)29-19(16)8-20(17)30-31-22)21-11-32(12-24(25,26)27)10-18(21)14-2-3-14/h4-8,14,18,21H,2-3,9-12H2,1H3,(H,29,34)(H,30,31). The van der Waals surface area contributed by atoms with Crippen molar-refractivity contribution >= 4 is 22.6 Å². The number of benzene rings is 1. The summed E-state index contributed by atoms with van der Waals surface area (Å²) in [6.07, 6.45) is -0.445. The van der Waals surface area contributed by atoms with Gasteiger partial charge < -0.3 is 10.2 Å². The number of aromatic nitrogens is 3. The molecular weight excluding hydrogens is 445 g/mol. The quantitative estimate of drug-likeness (QED) is 0.587. The van der Waals surface area contributed by atoms with Crippen LogP contribution >= 0.6 is 0 Å². The molecule has 0 radical (unpaired) electrons. The highest BCUT2D eigenvalue weighted by Crippen LogP contribution is 2.44. The third-order valence-corrected chi connectivity index (χ3v) is 7.24. The van der Waals surface area contributed by atoms with Gasteiger partial charge in [-0.2, -0.15) is 18.3 Å². The van der Waals surface area contributed by atoms with Crippen LogP contribution in [0.15, 0.2) is 30.5 Å². The number of H-pyrrole nitrogens is 1. The minimum atomic E-state index is -4.24. The van der Waals surface area contributed by atoms with Crippen molar-refractivity contribution in [3.05, 3.63) is 41.7 Å². The van der Waals surface area contributed by atoms with Crippen molar-refractivity contribution in [2.45, 2.75) is 38.5 Å². The molecule has 7 nitrogen and oxygen atoms in total. The smallest absolute Gasteiger partial charge is 0.316 e. The molecule has 2 atom stereocenters. The number of nitrogens with one attached hydrogen (secondary N) is 2. The number of amides is 2. The molecule has 3 aromatic rings. The van der Waals surface area contributed by atoms with Crippen LogP contribution in [-0.4, -0.2) is 62.9 Å². The number of hydrogen-bond acceptors (Lipinski definition) is 4. The molecule has 0 bridgehead atoms. The third-order valence-electron chi connectivity index (χ3n) is 7.24. The Bertz CT molecular complexity index is 1270. The van der Waals surface area contributed by atoms with Gasteiger partial charge in [-0.3, -0.25) is 15.0 Å². The Labute approximate surface area is 194 Å². The molecule has 2 aliphatic heterocycles. The van der Waals surface area contributed by atoms with Crippen LogP contribution in [0.5, 0.6) is 0 Å². The van der Waals surface area contributed by atoms with Crippen LogP contribution in [0, 0.1) is 18.8 Å². The van der Waals surface area contributed by atoms with Gasteiger partial charge in [0.15, 0.2) is 0 Å². The van der Waals surface area contributed by atoms with Gasteiger partial charge in [-0.05, 0) is 61.4 Å². The summed E-state index contributed by atoms with van der Waals surface area (Å²) in [6.45, 7) is 2.00. The van der Waals surface area contributed by atoms with Crippen LogP contribution < -0.4 is 5.32 Å². The average Bonchev–Trinajstić information content (AvgIpc) is 3.41. The maximum absolute atomic E-state index is 13.1. The molecule has 2 fully saturated rings. The molecular formula is C24H25F3N6O. The number of anilines is 1. The van der Waals surface area contributed by atoms with E-state index in [0.29, 0.717) is 24.7 Å². The Morgan fingerprint density at radius 1 is 1.18 bits per heavy atom. The molecule has 1 aromatic carbocycles. The van der Waals surface area contributed by atoms with Crippen molar-refractivity contribution in [1.29, 1.82) is 0 Å². The second-order valence-electron chi connectivity index (χ2n) is 9.75. The van der Waals surface area contributed by atoms with E-state index in [1.54, 1.807) is 11.1 Å². The van der Waals surface area contributed by atoms with Gasteiger partial charge in [-0.1, -0.05) is 0 Å². The number of halogens is 3. The first-order valence-electron chi connectivity index (χ1n) is 11.6. The number of aryl methyl sites for hydroxylation is 1. The monoisotopic (exact) mass is 470 g/mol. The molecule has 2 aromatic heterocycles. The van der Waals surface area contributed by atoms with E-state index in [2.05, 4.69) is 20.5 Å². The SMILES string of the molecule is Cc1cc(-c2n[nH]c3cc4c(cc23)CN(C2CN(CC(F)(F)F)CC2C2CC2)C(=O)N4)ccn1. The van der Waals surface area contributed by atoms with Crippen LogP contribution in [0.2, 0.25) is 0 Å². The van der Waals surface area contributed by atoms with E-state index in [1.807, 2.05) is 31.2 Å². The molecule has 178 valence electrons. The number of fused-ring (bicyclic) bond motifs is 2. The van der Waals surface area contributed by atoms with Gasteiger partial charge in [0.25, 0.3) is 0 Å². The summed E-state index contributed by atoms with van der Waals surface area (Å²) >= 11 is 0. The molecule has 0 spiro atoms. The summed E-state index contributed by atoms with van der Waals surface area (Å²) in [5.41, 5.74) is 5.10. The Balaban J connectivity index is 1.32. The second-order valence-corrected chi connectivity index (χ2v) is 9.75. The van der Waals surface area contributed by atoms with E-state index >= 15 is 0 Å². The lowest BCUT2D eigenvalue weighted by atomic mass is 9.95. The predicted octanol–water partition coefficient (Wildman–Crippen LogP) is 4.55. The summed E-state index contributed by atoms with van der Waals surface area (Å²) in [4.78, 5) is 20.5. The van der Waals surface area contributed by atoms with E-state index in [4.69, 9.17) is 0 Å². The Kier molecular flexibility index (Phi) is 4.84. The highest BCUT2D eigenvalue weighted by Gasteiger charge is 2.48. The van der Waals surface area contributed by atoms with Gasteiger partial charge in [-0.25, -0.2) is 4.79 Å². The van der Waals surface area contributed by atoms with Gasteiger partial charge in [0.2, 0.25) is 0 Å². The highest BCUT2D eigenvalue weighted by molar-refractivity contribution is 6.00. The van der Waals surface area contributed by atoms with Crippen LogP contribution in [0.25, 0.3) is 22.2 Å². The molecule has 2 amide bonds. The molecule has 4 heterocycles. The molecule has 2 unspecified atom stereocenters. The minimum absolute atomic E-state index is 0.0719. The number of pyridine rings is 1. The van der Waals surface area contributed by atoms with E-state index < -0.39 is 12.7 Å². The first kappa shape index (κ1) is 21.4. The molecule has 1 aliphatic carbocycles. The van der Waals surface area contributed by atoms with Crippen LogP contribution in [0.4, 0.5) is 23.7 Å². The topological polar surface area (TPSA) is 77.2 Å². The number of urea groups is 1. The van der Waals surface area contributed by atoms with Gasteiger partial charge >= 0.3 is 12.2 Å². The predicted molar refractivity (Wildman–Crippen MR) is 121 cm³/mol. The zero-order valence-corrected chi connectivity index (χ0v) is 18.7. The van der Waals surface area contributed by atoms with Crippen molar-refractivity contribution in [3.63, 3.8) is 0 Å². The average molecular weight is 470 g/mol. The number of hydrogen-bond donors (Lipinski definition) is 2. The van der Waals surface area contributed by atoms with Crippen LogP contribution in [0.1, 0.15) is 24.1 Å². The number of likely N-dealkylation sites (tertiary alicyclic amines) is 1. The summed E-state index contributed by atoms with van der Waals surface area (Å²) in [5.74, 6) is 0.470. The number of alkyl halides is 3. The number of rotatable bonds is 4. The van der Waals surface area contributed by atoms with E-state index in [1.165, 1.54) is 4.90 Å². The van der Waals surface area contributed by atoms with Crippen molar-refractivity contribution in [1.82, 2.24) is 25.0 Å². The summed E-state index contributed by atoms with van der Waals surface area (Å²) < 4.78 is 39.2. The van der Waals surface area contributed by atoms with Crippen molar-refractivity contribution < 1.29 is 18.0 Å². The number of carbonyl (C=O) groups is 1. The number of carbonyl (C=O) groups excluding carboxylic acids is 1. The first-order valence-corrected chi connectivity index (χ1v) is 11.6. The maximum Gasteiger partial charge on any atom is 0.401 e. The zero-order valence-electron chi connectivity index (χ0n) is 18.7. The van der Waals surface area contributed by atoms with E-state index in [-0.39, 0.29) is 24.5 Å². The van der Waals surface area contributed by atoms with Crippen LogP contribution in [-0.2, 0) is 6.54 Å². The minimum Gasteiger partial charge on any atom is -0.316 e. The highest BCUT2D eigenvalue weighted by atomic mass is 19.4. The van der Waals surface area contributed by atoms with Gasteiger partial charge in [0, 0.05) is 48.2 Å². The van der Waals surface area contributed by atoms with Crippen molar-refractivity contribution in [2.75, 3.05) is 25.0 Å². The number of nitrogens with zero attached hydrogens (tertiary/aromatic N) is 4. The molecule has 3 aliphatic rings. The summed E-state index contributed by atoms with van der Waals surface area (Å²) in [6, 6.07) is 7.31. The first-order chi connectivity index (χ1) is 16.2. The zero-order chi connectivity index (χ0) is 23.6. The largest absolute Gasteiger partial charge is 0.401 e. The van der Waals surface area contributed by atoms with Gasteiger partial charge in [0.1, 0.15) is 5.69 Å². The lowest BCUT2D eigenvalue weighted by Gasteiger charge is -2.36. The second kappa shape index (κ2) is 7.69. The van der Waals surface area contributed by atoms with E-state index in [0.717, 1.165) is 46.3 Å².